The summed E-state index contributed by atoms with van der Waals surface area (Å²) in [7, 11) is -4.34. The number of Topliss-reactive ketones (excluding diaryl/α,β-unsaturated/α-hetero) is 1. The Morgan fingerprint density at radius 1 is 1.30 bits per heavy atom. The van der Waals surface area contributed by atoms with Crippen LogP contribution in [-0.2, 0) is 24.2 Å². The Morgan fingerprint density at radius 3 is 2.61 bits per heavy atom. The molecule has 2 aromatic rings. The van der Waals surface area contributed by atoms with Gasteiger partial charge in [0.25, 0.3) is 0 Å². The van der Waals surface area contributed by atoms with Crippen LogP contribution < -0.4 is 0 Å². The summed E-state index contributed by atoms with van der Waals surface area (Å²) in [6, 6.07) is 5.24. The molecule has 2 rings (SSSR count). The molecule has 122 valence electrons. The van der Waals surface area contributed by atoms with Gasteiger partial charge in [0.2, 0.25) is 5.25 Å². The van der Waals surface area contributed by atoms with E-state index < -0.39 is 26.8 Å². The highest BCUT2D eigenvalue weighted by Crippen LogP contribution is 2.31. The van der Waals surface area contributed by atoms with E-state index in [0.29, 0.717) is 0 Å². The first-order valence-corrected chi connectivity index (χ1v) is 8.33. The third-order valence-corrected chi connectivity index (χ3v) is 5.31. The van der Waals surface area contributed by atoms with Gasteiger partial charge in [-0.15, -0.1) is 0 Å². The Kier molecular flexibility index (Phi) is 4.65. The Labute approximate surface area is 132 Å². The molecule has 1 aromatic heterocycles. The van der Waals surface area contributed by atoms with E-state index in [1.807, 2.05) is 0 Å². The number of aromatic hydroxyl groups is 1. The molecule has 0 saturated carbocycles. The third kappa shape index (κ3) is 3.02. The largest absolute Gasteiger partial charge is 0.506 e. The molecule has 0 unspecified atom stereocenters. The van der Waals surface area contributed by atoms with Crippen molar-refractivity contribution in [3.63, 3.8) is 0 Å². The molecule has 1 N–H and O–H groups in total. The summed E-state index contributed by atoms with van der Waals surface area (Å²) in [6.07, 6.45) is 1.40. The maximum Gasteiger partial charge on any atom is 0.332 e. The van der Waals surface area contributed by atoms with Gasteiger partial charge in [0.15, 0.2) is 15.6 Å². The van der Waals surface area contributed by atoms with Crippen LogP contribution in [0.4, 0.5) is 0 Å². The molecule has 0 radical (unpaired) electrons. The van der Waals surface area contributed by atoms with Crippen LogP contribution in [-0.4, -0.2) is 42.1 Å². The number of carbonyl (C=O) groups is 2. The van der Waals surface area contributed by atoms with Crippen LogP contribution in [0.1, 0.15) is 13.8 Å². The highest BCUT2D eigenvalue weighted by Gasteiger charge is 2.40. The fraction of sp³-hybridized carbons (Fsp3) is 0.267. The number of ether oxygens (including phenoxy) is 1. The van der Waals surface area contributed by atoms with Gasteiger partial charge in [-0.2, -0.15) is 0 Å². The van der Waals surface area contributed by atoms with Gasteiger partial charge in [0.1, 0.15) is 11.3 Å². The highest BCUT2D eigenvalue weighted by atomic mass is 32.2. The van der Waals surface area contributed by atoms with Crippen LogP contribution in [0, 0.1) is 0 Å². The predicted octanol–water partition coefficient (Wildman–Crippen LogP) is 1.23. The molecule has 1 aromatic carbocycles. The van der Waals surface area contributed by atoms with Gasteiger partial charge in [-0.3, -0.25) is 14.6 Å². The average Bonchev–Trinajstić information content (AvgIpc) is 2.47. The first-order chi connectivity index (χ1) is 10.8. The van der Waals surface area contributed by atoms with Crippen molar-refractivity contribution in [1.29, 1.82) is 0 Å². The lowest BCUT2D eigenvalue weighted by molar-refractivity contribution is -0.144. The van der Waals surface area contributed by atoms with Gasteiger partial charge < -0.3 is 9.84 Å². The van der Waals surface area contributed by atoms with E-state index in [0.717, 1.165) is 19.1 Å². The van der Waals surface area contributed by atoms with Gasteiger partial charge in [0.05, 0.1) is 11.5 Å². The van der Waals surface area contributed by atoms with Crippen LogP contribution in [0.15, 0.2) is 35.4 Å². The number of esters is 1. The molecule has 0 aliphatic heterocycles. The zero-order chi connectivity index (χ0) is 17.2. The number of hydrogen-bond acceptors (Lipinski definition) is 7. The van der Waals surface area contributed by atoms with Crippen molar-refractivity contribution in [3.8, 4) is 5.75 Å². The SMILES string of the molecule is CCOC(=O)[C@@H](C(C)=O)S(=O)(=O)c1ccc(O)c2ncccc12. The fourth-order valence-electron chi connectivity index (χ4n) is 2.24. The topological polar surface area (TPSA) is 111 Å². The van der Waals surface area contributed by atoms with Crippen LogP contribution in [0.2, 0.25) is 0 Å². The second-order valence-corrected chi connectivity index (χ2v) is 6.77. The van der Waals surface area contributed by atoms with Crippen molar-refractivity contribution >= 4 is 32.5 Å². The van der Waals surface area contributed by atoms with E-state index in [1.54, 1.807) is 0 Å². The van der Waals surface area contributed by atoms with Crippen LogP contribution >= 0.6 is 0 Å². The normalized spacial score (nSPS) is 12.8. The van der Waals surface area contributed by atoms with Gasteiger partial charge in [-0.05, 0) is 38.1 Å². The number of hydrogen-bond donors (Lipinski definition) is 1. The van der Waals surface area contributed by atoms with Crippen LogP contribution in [0.3, 0.4) is 0 Å². The van der Waals surface area contributed by atoms with Crippen molar-refractivity contribution in [2.45, 2.75) is 24.0 Å². The molecule has 0 amide bonds. The zero-order valence-electron chi connectivity index (χ0n) is 12.5. The van der Waals surface area contributed by atoms with Crippen molar-refractivity contribution in [2.75, 3.05) is 6.61 Å². The molecule has 23 heavy (non-hydrogen) atoms. The summed E-state index contributed by atoms with van der Waals surface area (Å²) >= 11 is 0. The number of fused-ring (bicyclic) bond motifs is 1. The highest BCUT2D eigenvalue weighted by molar-refractivity contribution is 7.93. The molecule has 1 heterocycles. The average molecular weight is 337 g/mol. The summed E-state index contributed by atoms with van der Waals surface area (Å²) in [5, 5.41) is 7.97. The molecule has 0 aliphatic rings. The number of carbonyl (C=O) groups excluding carboxylic acids is 2. The first kappa shape index (κ1) is 16.9. The van der Waals surface area contributed by atoms with Gasteiger partial charge in [-0.1, -0.05) is 0 Å². The maximum absolute atomic E-state index is 12.8. The lowest BCUT2D eigenvalue weighted by atomic mass is 10.2. The molecule has 0 bridgehead atoms. The predicted molar refractivity (Wildman–Crippen MR) is 81.7 cm³/mol. The number of ketones is 1. The standard InChI is InChI=1S/C15H15NO6S/c1-3-22-15(19)14(9(2)17)23(20,21)12-7-6-11(18)13-10(12)5-4-8-16-13/h4-8,14,18H,3H2,1-2H3/t14-/m1/s1. The number of pyridine rings is 1. The van der Waals surface area contributed by atoms with Gasteiger partial charge in [0, 0.05) is 11.6 Å². The van der Waals surface area contributed by atoms with E-state index in [9.17, 15) is 23.1 Å². The smallest absolute Gasteiger partial charge is 0.332 e. The maximum atomic E-state index is 12.8. The van der Waals surface area contributed by atoms with Crippen LogP contribution in [0.25, 0.3) is 10.9 Å². The van der Waals surface area contributed by atoms with Gasteiger partial charge >= 0.3 is 5.97 Å². The number of benzene rings is 1. The number of sulfone groups is 1. The lowest BCUT2D eigenvalue weighted by Crippen LogP contribution is -2.38. The number of rotatable bonds is 5. The van der Waals surface area contributed by atoms with Crippen molar-refractivity contribution in [2.24, 2.45) is 0 Å². The minimum Gasteiger partial charge on any atom is -0.506 e. The second-order valence-electron chi connectivity index (χ2n) is 4.77. The van der Waals surface area contributed by atoms with Crippen molar-refractivity contribution in [3.05, 3.63) is 30.5 Å². The Morgan fingerprint density at radius 2 is 2.00 bits per heavy atom. The summed E-state index contributed by atoms with van der Waals surface area (Å²) in [5.74, 6) is -2.16. The van der Waals surface area contributed by atoms with Gasteiger partial charge in [-0.25, -0.2) is 8.42 Å². The third-order valence-electron chi connectivity index (χ3n) is 3.20. The molecule has 1 atom stereocenters. The van der Waals surface area contributed by atoms with E-state index in [2.05, 4.69) is 4.98 Å². The van der Waals surface area contributed by atoms with E-state index >= 15 is 0 Å². The van der Waals surface area contributed by atoms with Crippen molar-refractivity contribution < 1.29 is 27.9 Å². The monoisotopic (exact) mass is 337 g/mol. The Bertz CT molecular complexity index is 875. The number of nitrogens with zero attached hydrogens (tertiary/aromatic N) is 1. The quantitative estimate of drug-likeness (QED) is 0.645. The molecule has 0 spiro atoms. The first-order valence-electron chi connectivity index (χ1n) is 6.78. The van der Waals surface area contributed by atoms with E-state index in [1.165, 1.54) is 25.3 Å². The minimum absolute atomic E-state index is 0.0456. The fourth-order valence-corrected chi connectivity index (χ4v) is 3.98. The van der Waals surface area contributed by atoms with Crippen molar-refractivity contribution in [1.82, 2.24) is 4.98 Å². The summed E-state index contributed by atoms with van der Waals surface area (Å²) in [4.78, 5) is 27.3. The Balaban J connectivity index is 2.70. The molecular formula is C15H15NO6S. The number of phenolic OH excluding ortho intramolecular Hbond substituents is 1. The number of aromatic nitrogens is 1. The molecular weight excluding hydrogens is 322 g/mol. The second kappa shape index (κ2) is 6.33. The molecule has 7 nitrogen and oxygen atoms in total. The summed E-state index contributed by atoms with van der Waals surface area (Å²) in [6.45, 7) is 2.48. The summed E-state index contributed by atoms with van der Waals surface area (Å²) in [5.41, 5.74) is 0.0692. The molecule has 0 saturated heterocycles. The lowest BCUT2D eigenvalue weighted by Gasteiger charge is -2.15. The zero-order valence-corrected chi connectivity index (χ0v) is 13.3. The molecule has 0 aliphatic carbocycles. The minimum atomic E-state index is -4.34. The van der Waals surface area contributed by atoms with E-state index in [4.69, 9.17) is 4.74 Å². The number of phenols is 1. The molecule has 0 fully saturated rings. The summed E-state index contributed by atoms with van der Waals surface area (Å²) < 4.78 is 30.3. The molecule has 8 heteroatoms. The Hall–Kier alpha value is -2.48. The van der Waals surface area contributed by atoms with Crippen LogP contribution in [0.5, 0.6) is 5.75 Å². The van der Waals surface area contributed by atoms with E-state index in [-0.39, 0.29) is 28.2 Å².